The van der Waals surface area contributed by atoms with Gasteiger partial charge in [-0.15, -0.1) is 0 Å². The second kappa shape index (κ2) is 7.40. The smallest absolute Gasteiger partial charge is 0.328 e. The van der Waals surface area contributed by atoms with Gasteiger partial charge in [0.1, 0.15) is 6.04 Å². The van der Waals surface area contributed by atoms with Gasteiger partial charge in [0.15, 0.2) is 0 Å². The van der Waals surface area contributed by atoms with E-state index in [4.69, 9.17) is 0 Å². The maximum Gasteiger partial charge on any atom is 0.328 e. The molecule has 1 atom stereocenters. The summed E-state index contributed by atoms with van der Waals surface area (Å²) in [5.74, 6) is -1.12. The van der Waals surface area contributed by atoms with E-state index in [9.17, 15) is 14.4 Å². The van der Waals surface area contributed by atoms with Crippen LogP contribution in [0, 0.1) is 13.8 Å². The van der Waals surface area contributed by atoms with Crippen molar-refractivity contribution in [1.82, 2.24) is 14.5 Å². The topological polar surface area (TPSA) is 81.5 Å². The summed E-state index contributed by atoms with van der Waals surface area (Å²) in [5.41, 5.74) is 3.65. The van der Waals surface area contributed by atoms with Crippen LogP contribution in [0.25, 0.3) is 11.8 Å². The molecule has 27 heavy (non-hydrogen) atoms. The lowest BCUT2D eigenvalue weighted by atomic mass is 10.2. The monoisotopic (exact) mass is 385 g/mol. The van der Waals surface area contributed by atoms with Crippen LogP contribution in [0.1, 0.15) is 23.9 Å². The molecule has 2 aromatic rings. The highest BCUT2D eigenvalue weighted by Gasteiger charge is 2.41. The van der Waals surface area contributed by atoms with E-state index < -0.39 is 23.2 Å². The van der Waals surface area contributed by atoms with Crippen molar-refractivity contribution >= 4 is 35.0 Å². The number of rotatable bonds is 4. The molecule has 0 saturated carbocycles. The Kier molecular flexibility index (Phi) is 5.18. The molecule has 0 bridgehead atoms. The number of hydrogen-bond donors (Lipinski definition) is 0. The lowest BCUT2D eigenvalue weighted by molar-refractivity contribution is -0.148. The van der Waals surface area contributed by atoms with Crippen LogP contribution in [0.4, 0.5) is 4.79 Å². The highest BCUT2D eigenvalue weighted by molar-refractivity contribution is 8.18. The second-order valence-corrected chi connectivity index (χ2v) is 7.12. The van der Waals surface area contributed by atoms with Crippen molar-refractivity contribution in [1.29, 1.82) is 0 Å². The Balaban J connectivity index is 1.96. The number of aromatic nitrogens is 2. The molecule has 3 heterocycles. The summed E-state index contributed by atoms with van der Waals surface area (Å²) in [6.45, 7) is 5.37. The number of esters is 1. The molecule has 1 aliphatic heterocycles. The number of imide groups is 1. The number of pyridine rings is 1. The van der Waals surface area contributed by atoms with Crippen LogP contribution in [0.2, 0.25) is 0 Å². The molecule has 0 spiro atoms. The summed E-state index contributed by atoms with van der Waals surface area (Å²) in [6.07, 6.45) is 5.15. The maximum atomic E-state index is 12.6. The molecule has 0 radical (unpaired) electrons. The molecular weight excluding hydrogens is 366 g/mol. The summed E-state index contributed by atoms with van der Waals surface area (Å²) in [5, 5.41) is -0.481. The standard InChI is InChI=1S/C19H19N3O4S/c1-11-8-14(12(2)21(11)15-6-5-7-20-10-15)9-16-17(23)22(19(25)27-16)13(3)18(24)26-4/h5-10,13H,1-4H3/b16-9+. The summed E-state index contributed by atoms with van der Waals surface area (Å²) in [6, 6.07) is 4.78. The maximum absolute atomic E-state index is 12.6. The molecule has 8 heteroatoms. The first kappa shape index (κ1) is 18.9. The first-order chi connectivity index (χ1) is 12.8. The number of ether oxygens (including phenoxy) is 1. The molecule has 0 aromatic carbocycles. The van der Waals surface area contributed by atoms with Gasteiger partial charge in [-0.2, -0.15) is 0 Å². The van der Waals surface area contributed by atoms with E-state index in [0.29, 0.717) is 0 Å². The molecule has 7 nitrogen and oxygen atoms in total. The summed E-state index contributed by atoms with van der Waals surface area (Å²) in [7, 11) is 1.22. The van der Waals surface area contributed by atoms with E-state index in [-0.39, 0.29) is 4.91 Å². The Hall–Kier alpha value is -2.87. The van der Waals surface area contributed by atoms with Crippen molar-refractivity contribution in [3.63, 3.8) is 0 Å². The molecule has 3 rings (SSSR count). The van der Waals surface area contributed by atoms with Gasteiger partial charge in [0.2, 0.25) is 0 Å². The lowest BCUT2D eigenvalue weighted by Crippen LogP contribution is -2.42. The number of nitrogens with zero attached hydrogens (tertiary/aromatic N) is 3. The lowest BCUT2D eigenvalue weighted by Gasteiger charge is -2.18. The van der Waals surface area contributed by atoms with Gasteiger partial charge in [-0.25, -0.2) is 4.79 Å². The van der Waals surface area contributed by atoms with Gasteiger partial charge in [-0.1, -0.05) is 0 Å². The number of hydrogen-bond acceptors (Lipinski definition) is 6. The fourth-order valence-electron chi connectivity index (χ4n) is 3.05. The van der Waals surface area contributed by atoms with E-state index in [1.54, 1.807) is 18.5 Å². The first-order valence-electron chi connectivity index (χ1n) is 8.29. The van der Waals surface area contributed by atoms with Crippen molar-refractivity contribution in [2.45, 2.75) is 26.8 Å². The number of aryl methyl sites for hydroxylation is 1. The average molecular weight is 385 g/mol. The zero-order valence-electron chi connectivity index (χ0n) is 15.4. The van der Waals surface area contributed by atoms with Crippen LogP contribution in [-0.2, 0) is 14.3 Å². The van der Waals surface area contributed by atoms with Gasteiger partial charge in [0.25, 0.3) is 11.1 Å². The number of thioether (sulfide) groups is 1. The fraction of sp³-hybridized carbons (Fsp3) is 0.263. The molecule has 1 unspecified atom stereocenters. The number of amides is 2. The minimum absolute atomic E-state index is 0.280. The van der Waals surface area contributed by atoms with Gasteiger partial charge < -0.3 is 9.30 Å². The van der Waals surface area contributed by atoms with Gasteiger partial charge in [-0.3, -0.25) is 19.5 Å². The predicted octanol–water partition coefficient (Wildman–Crippen LogP) is 3.09. The summed E-state index contributed by atoms with van der Waals surface area (Å²) >= 11 is 0.822. The molecule has 0 aliphatic carbocycles. The van der Waals surface area contributed by atoms with E-state index in [2.05, 4.69) is 9.72 Å². The Morgan fingerprint density at radius 1 is 1.33 bits per heavy atom. The number of carbonyl (C=O) groups excluding carboxylic acids is 3. The predicted molar refractivity (Wildman–Crippen MR) is 102 cm³/mol. The molecule has 1 saturated heterocycles. The molecule has 1 aliphatic rings. The molecule has 2 aromatic heterocycles. The summed E-state index contributed by atoms with van der Waals surface area (Å²) < 4.78 is 6.67. The highest BCUT2D eigenvalue weighted by Crippen LogP contribution is 2.35. The van der Waals surface area contributed by atoms with Crippen LogP contribution in [0.3, 0.4) is 0 Å². The first-order valence-corrected chi connectivity index (χ1v) is 9.11. The van der Waals surface area contributed by atoms with Crippen molar-refractivity contribution < 1.29 is 19.1 Å². The average Bonchev–Trinajstić information content (AvgIpc) is 3.09. The minimum atomic E-state index is -0.962. The van der Waals surface area contributed by atoms with E-state index >= 15 is 0 Å². The van der Waals surface area contributed by atoms with Gasteiger partial charge in [-0.05, 0) is 62.4 Å². The van der Waals surface area contributed by atoms with E-state index in [1.165, 1.54) is 14.0 Å². The SMILES string of the molecule is COC(=O)C(C)N1C(=O)S/C(=C/c2cc(C)n(-c3cccnc3)c2C)C1=O. The van der Waals surface area contributed by atoms with Crippen LogP contribution in [0.15, 0.2) is 35.5 Å². The number of methoxy groups -OCH3 is 1. The number of carbonyl (C=O) groups is 3. The minimum Gasteiger partial charge on any atom is -0.467 e. The molecule has 0 N–H and O–H groups in total. The van der Waals surface area contributed by atoms with Crippen molar-refractivity contribution in [2.75, 3.05) is 7.11 Å². The zero-order valence-corrected chi connectivity index (χ0v) is 16.2. The van der Waals surface area contributed by atoms with E-state index in [1.807, 2.05) is 36.6 Å². The highest BCUT2D eigenvalue weighted by atomic mass is 32.2. The van der Waals surface area contributed by atoms with Crippen LogP contribution in [0.5, 0.6) is 0 Å². The third-order valence-corrected chi connectivity index (χ3v) is 5.30. The largest absolute Gasteiger partial charge is 0.467 e. The molecular formula is C19H19N3O4S. The van der Waals surface area contributed by atoms with Crippen molar-refractivity contribution in [2.24, 2.45) is 0 Å². The zero-order chi connectivity index (χ0) is 19.7. The second-order valence-electron chi connectivity index (χ2n) is 6.12. The molecule has 1 fully saturated rings. The Labute approximate surface area is 161 Å². The molecule has 140 valence electrons. The van der Waals surface area contributed by atoms with Gasteiger partial charge in [0, 0.05) is 17.6 Å². The third-order valence-electron chi connectivity index (χ3n) is 4.41. The third kappa shape index (κ3) is 3.40. The molecule has 2 amide bonds. The van der Waals surface area contributed by atoms with Crippen LogP contribution < -0.4 is 0 Å². The fourth-order valence-corrected chi connectivity index (χ4v) is 3.95. The Morgan fingerprint density at radius 2 is 2.07 bits per heavy atom. The van der Waals surface area contributed by atoms with Gasteiger partial charge >= 0.3 is 5.97 Å². The van der Waals surface area contributed by atoms with Crippen molar-refractivity contribution in [3.05, 3.63) is 52.4 Å². The van der Waals surface area contributed by atoms with Crippen LogP contribution >= 0.6 is 11.8 Å². The Bertz CT molecular complexity index is 949. The van der Waals surface area contributed by atoms with Crippen molar-refractivity contribution in [3.8, 4) is 5.69 Å². The van der Waals surface area contributed by atoms with Gasteiger partial charge in [0.05, 0.1) is 23.9 Å². The van der Waals surface area contributed by atoms with E-state index in [0.717, 1.165) is 39.3 Å². The Morgan fingerprint density at radius 3 is 2.70 bits per heavy atom. The van der Waals surface area contributed by atoms with Crippen LogP contribution in [-0.4, -0.2) is 44.7 Å². The summed E-state index contributed by atoms with van der Waals surface area (Å²) in [4.78, 5) is 41.9. The normalized spacial score (nSPS) is 16.9. The quantitative estimate of drug-likeness (QED) is 0.594.